The van der Waals surface area contributed by atoms with Crippen LogP contribution in [0, 0.1) is 0 Å². The van der Waals surface area contributed by atoms with Gasteiger partial charge in [0.05, 0.1) is 6.61 Å². The summed E-state index contributed by atoms with van der Waals surface area (Å²) in [5.74, 6) is 0.942. The summed E-state index contributed by atoms with van der Waals surface area (Å²) in [5.41, 5.74) is 2.51. The lowest BCUT2D eigenvalue weighted by Crippen LogP contribution is -2.39. The lowest BCUT2D eigenvalue weighted by molar-refractivity contribution is 0.121. The molecule has 124 valence electrons. The molecule has 0 saturated heterocycles. The summed E-state index contributed by atoms with van der Waals surface area (Å²) in [5, 5.41) is 3.45. The first-order valence-electron chi connectivity index (χ1n) is 8.29. The van der Waals surface area contributed by atoms with E-state index in [2.05, 4.69) is 60.4 Å². The predicted molar refractivity (Wildman–Crippen MR) is 94.1 cm³/mol. The Kier molecular flexibility index (Phi) is 9.31. The van der Waals surface area contributed by atoms with Gasteiger partial charge in [0.25, 0.3) is 0 Å². The number of unbranched alkanes of at least 4 members (excludes halogenated alkanes) is 1. The molecule has 0 aliphatic carbocycles. The molecule has 0 amide bonds. The van der Waals surface area contributed by atoms with Gasteiger partial charge in [0.1, 0.15) is 0 Å². The van der Waals surface area contributed by atoms with Crippen LogP contribution in [0.15, 0.2) is 29.3 Å². The molecule has 0 atom stereocenters. The van der Waals surface area contributed by atoms with Crippen LogP contribution in [-0.4, -0.2) is 38.1 Å². The van der Waals surface area contributed by atoms with E-state index in [1.165, 1.54) is 24.0 Å². The van der Waals surface area contributed by atoms with Crippen molar-refractivity contribution in [2.45, 2.75) is 46.3 Å². The van der Waals surface area contributed by atoms with Gasteiger partial charge in [0, 0.05) is 33.8 Å². The maximum absolute atomic E-state index is 5.67. The zero-order valence-electron chi connectivity index (χ0n) is 14.6. The minimum atomic E-state index is 0.677. The monoisotopic (exact) mass is 305 g/mol. The number of rotatable bonds is 9. The highest BCUT2D eigenvalue weighted by Crippen LogP contribution is 2.10. The van der Waals surface area contributed by atoms with Gasteiger partial charge in [0.15, 0.2) is 5.96 Å². The average Bonchev–Trinajstić information content (AvgIpc) is 2.55. The van der Waals surface area contributed by atoms with Gasteiger partial charge in [0.2, 0.25) is 0 Å². The SMILES string of the molecule is CCCCN(C)C(=NC)NCc1ccccc1COCCC. The Labute approximate surface area is 135 Å². The summed E-state index contributed by atoms with van der Waals surface area (Å²) < 4.78 is 5.67. The normalized spacial score (nSPS) is 11.5. The van der Waals surface area contributed by atoms with Crippen molar-refractivity contribution in [3.8, 4) is 0 Å². The first-order chi connectivity index (χ1) is 10.7. The van der Waals surface area contributed by atoms with Crippen molar-refractivity contribution in [3.05, 3.63) is 35.4 Å². The standard InChI is InChI=1S/C18H31N3O/c1-5-7-12-21(4)18(19-3)20-14-16-10-8-9-11-17(16)15-22-13-6-2/h8-11H,5-7,12-15H2,1-4H3,(H,19,20). The molecule has 1 rings (SSSR count). The zero-order chi connectivity index (χ0) is 16.2. The molecule has 0 saturated carbocycles. The van der Waals surface area contributed by atoms with E-state index < -0.39 is 0 Å². The predicted octanol–water partition coefficient (Wildman–Crippen LogP) is 3.42. The molecule has 1 aromatic carbocycles. The molecule has 0 heterocycles. The van der Waals surface area contributed by atoms with E-state index in [4.69, 9.17) is 4.74 Å². The number of nitrogens with zero attached hydrogens (tertiary/aromatic N) is 2. The molecule has 0 fully saturated rings. The number of hydrogen-bond acceptors (Lipinski definition) is 2. The number of guanidine groups is 1. The molecule has 4 heteroatoms. The van der Waals surface area contributed by atoms with Crippen LogP contribution in [0.25, 0.3) is 0 Å². The first kappa shape index (κ1) is 18.5. The van der Waals surface area contributed by atoms with Crippen LogP contribution in [0.2, 0.25) is 0 Å². The number of ether oxygens (including phenoxy) is 1. The van der Waals surface area contributed by atoms with Crippen molar-refractivity contribution in [3.63, 3.8) is 0 Å². The van der Waals surface area contributed by atoms with Gasteiger partial charge in [-0.2, -0.15) is 0 Å². The molecule has 1 N–H and O–H groups in total. The minimum absolute atomic E-state index is 0.677. The summed E-state index contributed by atoms with van der Waals surface area (Å²) in [6.07, 6.45) is 3.42. The lowest BCUT2D eigenvalue weighted by atomic mass is 10.1. The van der Waals surface area contributed by atoms with Gasteiger partial charge in [-0.15, -0.1) is 0 Å². The van der Waals surface area contributed by atoms with Crippen molar-refractivity contribution < 1.29 is 4.74 Å². The summed E-state index contributed by atoms with van der Waals surface area (Å²) in [4.78, 5) is 6.54. The summed E-state index contributed by atoms with van der Waals surface area (Å²) in [6, 6.07) is 8.42. The second-order valence-electron chi connectivity index (χ2n) is 5.50. The minimum Gasteiger partial charge on any atom is -0.377 e. The van der Waals surface area contributed by atoms with E-state index in [0.29, 0.717) is 6.61 Å². The molecule has 0 spiro atoms. The van der Waals surface area contributed by atoms with Crippen molar-refractivity contribution in [2.24, 2.45) is 4.99 Å². The quantitative estimate of drug-likeness (QED) is 0.431. The van der Waals surface area contributed by atoms with Crippen LogP contribution in [0.5, 0.6) is 0 Å². The molecule has 0 unspecified atom stereocenters. The molecule has 0 aromatic heterocycles. The fourth-order valence-electron chi connectivity index (χ4n) is 2.26. The Balaban J connectivity index is 2.58. The van der Waals surface area contributed by atoms with Crippen molar-refractivity contribution in [2.75, 3.05) is 27.2 Å². The highest BCUT2D eigenvalue weighted by Gasteiger charge is 2.07. The van der Waals surface area contributed by atoms with Crippen LogP contribution < -0.4 is 5.32 Å². The third-order valence-corrected chi connectivity index (χ3v) is 3.58. The van der Waals surface area contributed by atoms with E-state index in [0.717, 1.165) is 32.1 Å². The van der Waals surface area contributed by atoms with Gasteiger partial charge in [-0.1, -0.05) is 44.5 Å². The summed E-state index contributed by atoms with van der Waals surface area (Å²) >= 11 is 0. The fourth-order valence-corrected chi connectivity index (χ4v) is 2.26. The van der Waals surface area contributed by atoms with Crippen molar-refractivity contribution >= 4 is 5.96 Å². The van der Waals surface area contributed by atoms with E-state index in [1.54, 1.807) is 0 Å². The van der Waals surface area contributed by atoms with Crippen LogP contribution in [0.3, 0.4) is 0 Å². The third kappa shape index (κ3) is 6.48. The number of benzene rings is 1. The number of hydrogen-bond donors (Lipinski definition) is 1. The van der Waals surface area contributed by atoms with Gasteiger partial charge in [-0.3, -0.25) is 4.99 Å². The summed E-state index contributed by atoms with van der Waals surface area (Å²) in [7, 11) is 3.92. The van der Waals surface area contributed by atoms with Crippen LogP contribution >= 0.6 is 0 Å². The maximum Gasteiger partial charge on any atom is 0.193 e. The van der Waals surface area contributed by atoms with Crippen molar-refractivity contribution in [1.82, 2.24) is 10.2 Å². The second kappa shape index (κ2) is 11.1. The Hall–Kier alpha value is -1.55. The van der Waals surface area contributed by atoms with Gasteiger partial charge >= 0.3 is 0 Å². The topological polar surface area (TPSA) is 36.9 Å². The Bertz CT molecular complexity index is 446. The Morgan fingerprint density at radius 2 is 1.91 bits per heavy atom. The molecule has 1 aromatic rings. The molecule has 4 nitrogen and oxygen atoms in total. The van der Waals surface area contributed by atoms with Gasteiger partial charge < -0.3 is 15.0 Å². The van der Waals surface area contributed by atoms with Crippen molar-refractivity contribution in [1.29, 1.82) is 0 Å². The second-order valence-corrected chi connectivity index (χ2v) is 5.50. The van der Waals surface area contributed by atoms with Crippen LogP contribution in [0.1, 0.15) is 44.2 Å². The van der Waals surface area contributed by atoms with Crippen LogP contribution in [-0.2, 0) is 17.9 Å². The molecule has 0 radical (unpaired) electrons. The Morgan fingerprint density at radius 3 is 2.55 bits per heavy atom. The summed E-state index contributed by atoms with van der Waals surface area (Å²) in [6.45, 7) is 7.62. The van der Waals surface area contributed by atoms with Gasteiger partial charge in [-0.05, 0) is 24.0 Å². The largest absolute Gasteiger partial charge is 0.377 e. The maximum atomic E-state index is 5.67. The van der Waals surface area contributed by atoms with Crippen LogP contribution in [0.4, 0.5) is 0 Å². The van der Waals surface area contributed by atoms with E-state index in [1.807, 2.05) is 7.05 Å². The number of nitrogens with one attached hydrogen (secondary N) is 1. The smallest absolute Gasteiger partial charge is 0.193 e. The molecular formula is C18H31N3O. The third-order valence-electron chi connectivity index (χ3n) is 3.58. The molecule has 0 aliphatic rings. The highest BCUT2D eigenvalue weighted by atomic mass is 16.5. The van der Waals surface area contributed by atoms with Gasteiger partial charge in [-0.25, -0.2) is 0 Å². The first-order valence-corrected chi connectivity index (χ1v) is 8.29. The highest BCUT2D eigenvalue weighted by molar-refractivity contribution is 5.79. The molecule has 22 heavy (non-hydrogen) atoms. The molecule has 0 bridgehead atoms. The Morgan fingerprint density at radius 1 is 1.18 bits per heavy atom. The van der Waals surface area contributed by atoms with E-state index >= 15 is 0 Å². The molecular weight excluding hydrogens is 274 g/mol. The van der Waals surface area contributed by atoms with E-state index in [-0.39, 0.29) is 0 Å². The van der Waals surface area contributed by atoms with E-state index in [9.17, 15) is 0 Å². The zero-order valence-corrected chi connectivity index (χ0v) is 14.6. The molecule has 0 aliphatic heterocycles. The lowest BCUT2D eigenvalue weighted by Gasteiger charge is -2.22. The average molecular weight is 305 g/mol. The fraction of sp³-hybridized carbons (Fsp3) is 0.611. The number of aliphatic imine (C=N–C) groups is 1.